The standard InChI is InChI=1S/C21H22ClN3O3S/c1-4-21(2,3)12-5-7-14-16(11-23)20(29-18(14)9-12)24-19(26)15-10-13(22)6-8-17(15)25(27)28/h6,8,10,12H,4-5,7,9H2,1-3H3,(H,24,26)/t12-/m0/s1. The first-order valence-corrected chi connectivity index (χ1v) is 10.7. The van der Waals surface area contributed by atoms with Gasteiger partial charge in [0.2, 0.25) is 0 Å². The number of nitro benzene ring substituents is 1. The molecule has 1 heterocycles. The molecular formula is C21H22ClN3O3S. The number of benzene rings is 1. The number of thiophene rings is 1. The lowest BCUT2D eigenvalue weighted by molar-refractivity contribution is -0.385. The molecule has 0 spiro atoms. The van der Waals surface area contributed by atoms with Crippen molar-refractivity contribution in [2.24, 2.45) is 11.3 Å². The molecule has 2 aromatic rings. The van der Waals surface area contributed by atoms with Crippen LogP contribution in [-0.2, 0) is 12.8 Å². The van der Waals surface area contributed by atoms with Gasteiger partial charge >= 0.3 is 0 Å². The van der Waals surface area contributed by atoms with Crippen molar-refractivity contribution in [1.29, 1.82) is 5.26 Å². The topological polar surface area (TPSA) is 96.0 Å². The number of rotatable bonds is 5. The van der Waals surface area contributed by atoms with E-state index in [0.29, 0.717) is 16.5 Å². The molecule has 0 saturated carbocycles. The second kappa shape index (κ2) is 8.13. The van der Waals surface area contributed by atoms with Crippen LogP contribution in [0.25, 0.3) is 0 Å². The summed E-state index contributed by atoms with van der Waals surface area (Å²) in [5, 5.41) is 24.3. The number of anilines is 1. The van der Waals surface area contributed by atoms with Crippen molar-refractivity contribution in [2.45, 2.75) is 46.5 Å². The molecule has 152 valence electrons. The summed E-state index contributed by atoms with van der Waals surface area (Å²) in [6.45, 7) is 6.72. The fourth-order valence-corrected chi connectivity index (χ4v) is 5.21. The molecule has 1 atom stereocenters. The van der Waals surface area contributed by atoms with Gasteiger partial charge in [-0.05, 0) is 48.3 Å². The zero-order valence-electron chi connectivity index (χ0n) is 16.5. The van der Waals surface area contributed by atoms with Crippen molar-refractivity contribution in [3.63, 3.8) is 0 Å². The van der Waals surface area contributed by atoms with Gasteiger partial charge in [0.25, 0.3) is 11.6 Å². The number of carbonyl (C=O) groups excluding carboxylic acids is 1. The maximum Gasteiger partial charge on any atom is 0.282 e. The van der Waals surface area contributed by atoms with E-state index in [4.69, 9.17) is 11.6 Å². The quantitative estimate of drug-likeness (QED) is 0.465. The van der Waals surface area contributed by atoms with Crippen LogP contribution in [0.4, 0.5) is 10.7 Å². The molecule has 1 N–H and O–H groups in total. The number of hydrogen-bond acceptors (Lipinski definition) is 5. The van der Waals surface area contributed by atoms with E-state index in [1.165, 1.54) is 29.5 Å². The van der Waals surface area contributed by atoms with Gasteiger partial charge in [-0.3, -0.25) is 14.9 Å². The number of halogens is 1. The number of nitrogens with zero attached hydrogens (tertiary/aromatic N) is 2. The minimum Gasteiger partial charge on any atom is -0.312 e. The number of carbonyl (C=O) groups is 1. The van der Waals surface area contributed by atoms with E-state index in [2.05, 4.69) is 32.2 Å². The number of nitriles is 1. The molecule has 0 saturated heterocycles. The Morgan fingerprint density at radius 2 is 2.21 bits per heavy atom. The second-order valence-corrected chi connectivity index (χ2v) is 9.52. The predicted octanol–water partition coefficient (Wildman–Crippen LogP) is 5.97. The summed E-state index contributed by atoms with van der Waals surface area (Å²) >= 11 is 7.33. The van der Waals surface area contributed by atoms with Gasteiger partial charge in [-0.2, -0.15) is 5.26 Å². The van der Waals surface area contributed by atoms with Gasteiger partial charge in [0.15, 0.2) is 0 Å². The maximum absolute atomic E-state index is 12.8. The summed E-state index contributed by atoms with van der Waals surface area (Å²) < 4.78 is 0. The number of nitrogens with one attached hydrogen (secondary N) is 1. The number of nitro groups is 1. The highest BCUT2D eigenvalue weighted by Crippen LogP contribution is 2.45. The highest BCUT2D eigenvalue weighted by molar-refractivity contribution is 7.16. The van der Waals surface area contributed by atoms with Crippen molar-refractivity contribution in [1.82, 2.24) is 0 Å². The molecule has 0 unspecified atom stereocenters. The van der Waals surface area contributed by atoms with Crippen LogP contribution in [0.2, 0.25) is 5.02 Å². The molecule has 6 nitrogen and oxygen atoms in total. The van der Waals surface area contributed by atoms with Crippen LogP contribution in [-0.4, -0.2) is 10.8 Å². The van der Waals surface area contributed by atoms with E-state index in [0.717, 1.165) is 36.1 Å². The molecule has 29 heavy (non-hydrogen) atoms. The normalized spacial score (nSPS) is 16.0. The Morgan fingerprint density at radius 1 is 1.48 bits per heavy atom. The van der Waals surface area contributed by atoms with Gasteiger partial charge in [-0.25, -0.2) is 0 Å². The molecule has 3 rings (SSSR count). The first-order valence-electron chi connectivity index (χ1n) is 9.47. The smallest absolute Gasteiger partial charge is 0.282 e. The van der Waals surface area contributed by atoms with E-state index in [1.807, 2.05) is 0 Å². The number of amides is 1. The third-order valence-electron chi connectivity index (χ3n) is 6.02. The summed E-state index contributed by atoms with van der Waals surface area (Å²) in [5.41, 5.74) is 1.23. The summed E-state index contributed by atoms with van der Waals surface area (Å²) in [4.78, 5) is 24.5. The zero-order chi connectivity index (χ0) is 21.3. The highest BCUT2D eigenvalue weighted by atomic mass is 35.5. The third kappa shape index (κ3) is 4.14. The Morgan fingerprint density at radius 3 is 2.83 bits per heavy atom. The van der Waals surface area contributed by atoms with Gasteiger partial charge in [-0.1, -0.05) is 38.8 Å². The van der Waals surface area contributed by atoms with Crippen LogP contribution in [0.1, 0.15) is 60.0 Å². The SMILES string of the molecule is CCC(C)(C)[C@H]1CCc2c(sc(NC(=O)c3cc(Cl)ccc3[N+](=O)[O-])c2C#N)C1. The van der Waals surface area contributed by atoms with Crippen molar-refractivity contribution >= 4 is 39.5 Å². The Labute approximate surface area is 178 Å². The summed E-state index contributed by atoms with van der Waals surface area (Å²) in [6.07, 6.45) is 3.76. The van der Waals surface area contributed by atoms with Gasteiger partial charge in [-0.15, -0.1) is 11.3 Å². The first kappa shape index (κ1) is 21.3. The van der Waals surface area contributed by atoms with Crippen molar-refractivity contribution in [3.05, 3.63) is 54.9 Å². The van der Waals surface area contributed by atoms with E-state index in [1.54, 1.807) is 0 Å². The average molecular weight is 432 g/mol. The van der Waals surface area contributed by atoms with E-state index >= 15 is 0 Å². The molecule has 1 aliphatic rings. The lowest BCUT2D eigenvalue weighted by atomic mass is 9.69. The average Bonchev–Trinajstić information content (AvgIpc) is 3.03. The Kier molecular flexibility index (Phi) is 5.97. The van der Waals surface area contributed by atoms with Crippen LogP contribution < -0.4 is 5.32 Å². The Bertz CT molecular complexity index is 1020. The van der Waals surface area contributed by atoms with Crippen LogP contribution >= 0.6 is 22.9 Å². The molecule has 1 aliphatic carbocycles. The number of hydrogen-bond donors (Lipinski definition) is 1. The number of fused-ring (bicyclic) bond motifs is 1. The van der Waals surface area contributed by atoms with Crippen LogP contribution in [0.15, 0.2) is 18.2 Å². The summed E-state index contributed by atoms with van der Waals surface area (Å²) in [5.74, 6) is -0.123. The van der Waals surface area contributed by atoms with Gasteiger partial charge in [0.05, 0.1) is 10.5 Å². The van der Waals surface area contributed by atoms with Gasteiger partial charge in [0.1, 0.15) is 16.6 Å². The zero-order valence-corrected chi connectivity index (χ0v) is 18.1. The van der Waals surface area contributed by atoms with Crippen molar-refractivity contribution in [2.75, 3.05) is 5.32 Å². The molecule has 0 radical (unpaired) electrons. The molecule has 8 heteroatoms. The van der Waals surface area contributed by atoms with Crippen LogP contribution in [0.3, 0.4) is 0 Å². The van der Waals surface area contributed by atoms with E-state index in [-0.39, 0.29) is 21.7 Å². The summed E-state index contributed by atoms with van der Waals surface area (Å²) in [6, 6.07) is 6.06. The fraction of sp³-hybridized carbons (Fsp3) is 0.429. The Hall–Kier alpha value is -2.43. The minimum absolute atomic E-state index is 0.122. The van der Waals surface area contributed by atoms with E-state index < -0.39 is 10.8 Å². The maximum atomic E-state index is 12.8. The molecule has 1 aromatic heterocycles. The monoisotopic (exact) mass is 431 g/mol. The molecular weight excluding hydrogens is 410 g/mol. The van der Waals surface area contributed by atoms with Crippen LogP contribution in [0.5, 0.6) is 0 Å². The van der Waals surface area contributed by atoms with Crippen molar-refractivity contribution < 1.29 is 9.72 Å². The van der Waals surface area contributed by atoms with Crippen molar-refractivity contribution in [3.8, 4) is 6.07 Å². The summed E-state index contributed by atoms with van der Waals surface area (Å²) in [7, 11) is 0. The second-order valence-electron chi connectivity index (χ2n) is 7.97. The third-order valence-corrected chi connectivity index (χ3v) is 7.43. The van der Waals surface area contributed by atoms with E-state index in [9.17, 15) is 20.2 Å². The molecule has 1 aromatic carbocycles. The van der Waals surface area contributed by atoms with Gasteiger partial charge < -0.3 is 5.32 Å². The molecule has 0 bridgehead atoms. The molecule has 0 aliphatic heterocycles. The molecule has 1 amide bonds. The fourth-order valence-electron chi connectivity index (χ4n) is 3.77. The van der Waals surface area contributed by atoms with Crippen LogP contribution in [0, 0.1) is 32.8 Å². The minimum atomic E-state index is -0.639. The largest absolute Gasteiger partial charge is 0.312 e. The lowest BCUT2D eigenvalue weighted by Crippen LogP contribution is -2.28. The molecule has 0 fully saturated rings. The predicted molar refractivity (Wildman–Crippen MR) is 115 cm³/mol. The lowest BCUT2D eigenvalue weighted by Gasteiger charge is -2.36. The highest BCUT2D eigenvalue weighted by Gasteiger charge is 2.34. The van der Waals surface area contributed by atoms with Gasteiger partial charge in [0, 0.05) is 16.0 Å². The Balaban J connectivity index is 1.93. The first-order chi connectivity index (χ1) is 13.7.